The summed E-state index contributed by atoms with van der Waals surface area (Å²) in [6.45, 7) is 2.02. The smallest absolute Gasteiger partial charge is 0.185 e. The summed E-state index contributed by atoms with van der Waals surface area (Å²) >= 11 is 6.16. The number of hydrogen-bond acceptors (Lipinski definition) is 4. The summed E-state index contributed by atoms with van der Waals surface area (Å²) in [7, 11) is 0. The highest BCUT2D eigenvalue weighted by molar-refractivity contribution is 6.32. The number of anilines is 1. The summed E-state index contributed by atoms with van der Waals surface area (Å²) in [6, 6.07) is 28.1. The minimum atomic E-state index is -1.49. The van der Waals surface area contributed by atoms with Crippen LogP contribution in [0, 0.1) is 12.3 Å². The first-order chi connectivity index (χ1) is 18.9. The Morgan fingerprint density at radius 1 is 0.821 bits per heavy atom. The molecule has 0 radical (unpaired) electrons. The second-order valence-corrected chi connectivity index (χ2v) is 11.0. The van der Waals surface area contributed by atoms with E-state index in [1.807, 2.05) is 66.4 Å². The number of aryl methyl sites for hydroxylation is 1. The maximum Gasteiger partial charge on any atom is 0.185 e. The highest BCUT2D eigenvalue weighted by Crippen LogP contribution is 2.61. The van der Waals surface area contributed by atoms with Gasteiger partial charge in [0.15, 0.2) is 17.3 Å². The van der Waals surface area contributed by atoms with E-state index in [4.69, 9.17) is 11.6 Å². The van der Waals surface area contributed by atoms with Gasteiger partial charge in [-0.1, -0.05) is 90.0 Å². The summed E-state index contributed by atoms with van der Waals surface area (Å²) in [5.41, 5.74) is 3.52. The van der Waals surface area contributed by atoms with E-state index in [2.05, 4.69) is 6.07 Å². The SMILES string of the molecule is Cc1ccc2c(c1)C=CC1N2C(C(=O)c2ccc(Cl)cc2)C(c2ccccc2)C12C(=O)c1ccccc1C2=O. The van der Waals surface area contributed by atoms with Gasteiger partial charge < -0.3 is 4.90 Å². The number of nitrogens with zero attached hydrogens (tertiary/aromatic N) is 1. The zero-order valence-corrected chi connectivity index (χ0v) is 21.9. The Morgan fingerprint density at radius 3 is 2.13 bits per heavy atom. The van der Waals surface area contributed by atoms with Crippen LogP contribution in [0.1, 0.15) is 53.7 Å². The molecule has 2 aliphatic heterocycles. The van der Waals surface area contributed by atoms with Crippen LogP contribution >= 0.6 is 11.6 Å². The lowest BCUT2D eigenvalue weighted by atomic mass is 9.64. The molecule has 1 fully saturated rings. The number of ketones is 3. The molecule has 0 N–H and O–H groups in total. The lowest BCUT2D eigenvalue weighted by molar-refractivity contribution is 0.0666. The Labute approximate surface area is 231 Å². The summed E-state index contributed by atoms with van der Waals surface area (Å²) < 4.78 is 0. The summed E-state index contributed by atoms with van der Waals surface area (Å²) in [5.74, 6) is -1.31. The van der Waals surface area contributed by atoms with Crippen LogP contribution in [-0.2, 0) is 0 Å². The number of halogens is 1. The molecular weight excluding hydrogens is 506 g/mol. The van der Waals surface area contributed by atoms with Gasteiger partial charge in [-0.05, 0) is 54.4 Å². The van der Waals surface area contributed by atoms with Gasteiger partial charge in [0.2, 0.25) is 0 Å². The van der Waals surface area contributed by atoms with Crippen molar-refractivity contribution in [2.45, 2.75) is 24.9 Å². The molecule has 0 amide bonds. The number of rotatable bonds is 3. The van der Waals surface area contributed by atoms with Gasteiger partial charge in [0.05, 0.1) is 6.04 Å². The maximum atomic E-state index is 14.6. The first-order valence-corrected chi connectivity index (χ1v) is 13.4. The molecule has 0 bridgehead atoms. The van der Waals surface area contributed by atoms with Gasteiger partial charge >= 0.3 is 0 Å². The van der Waals surface area contributed by atoms with Crippen molar-refractivity contribution in [2.75, 3.05) is 4.90 Å². The quantitative estimate of drug-likeness (QED) is 0.212. The van der Waals surface area contributed by atoms with Crippen molar-refractivity contribution in [3.63, 3.8) is 0 Å². The number of hydrogen-bond donors (Lipinski definition) is 0. The van der Waals surface area contributed by atoms with E-state index in [1.165, 1.54) is 0 Å². The van der Waals surface area contributed by atoms with Gasteiger partial charge in [0.25, 0.3) is 0 Å². The molecule has 5 heteroatoms. The van der Waals surface area contributed by atoms with E-state index >= 15 is 0 Å². The van der Waals surface area contributed by atoms with Crippen molar-refractivity contribution < 1.29 is 14.4 Å². The van der Waals surface area contributed by atoms with Gasteiger partial charge in [-0.3, -0.25) is 14.4 Å². The largest absolute Gasteiger partial charge is 0.352 e. The molecule has 0 saturated carbocycles. The van der Waals surface area contributed by atoms with Crippen LogP contribution in [0.15, 0.2) is 103 Å². The highest BCUT2D eigenvalue weighted by atomic mass is 35.5. The Hall–Kier alpha value is -4.28. The highest BCUT2D eigenvalue weighted by Gasteiger charge is 2.71. The molecule has 4 nitrogen and oxygen atoms in total. The molecule has 3 unspecified atom stereocenters. The minimum absolute atomic E-state index is 0.152. The van der Waals surface area contributed by atoms with E-state index in [-0.39, 0.29) is 17.3 Å². The minimum Gasteiger partial charge on any atom is -0.352 e. The maximum absolute atomic E-state index is 14.6. The average Bonchev–Trinajstić information content (AvgIpc) is 3.39. The third-order valence-corrected chi connectivity index (χ3v) is 8.77. The standard InChI is InChI=1S/C34H24ClNO3/c1-20-11-17-27-23(19-20)14-18-28-34(32(38)25-9-5-6-10-26(25)33(34)39)29(21-7-3-2-4-8-21)30(36(27)28)31(37)22-12-15-24(35)16-13-22/h2-19,28-30H,1H3. The summed E-state index contributed by atoms with van der Waals surface area (Å²) in [6.07, 6.45) is 3.94. The molecule has 3 atom stereocenters. The third-order valence-electron chi connectivity index (χ3n) is 8.52. The molecule has 0 aromatic heterocycles. The topological polar surface area (TPSA) is 54.5 Å². The van der Waals surface area contributed by atoms with Crippen molar-refractivity contribution in [2.24, 2.45) is 5.41 Å². The molecule has 1 saturated heterocycles. The normalized spacial score (nSPS) is 22.1. The Kier molecular flexibility index (Phi) is 5.26. The lowest BCUT2D eigenvalue weighted by Gasteiger charge is -2.37. The Bertz CT molecular complexity index is 1670. The number of fused-ring (bicyclic) bond motifs is 5. The van der Waals surface area contributed by atoms with E-state index in [1.54, 1.807) is 48.5 Å². The monoisotopic (exact) mass is 529 g/mol. The van der Waals surface area contributed by atoms with Crippen LogP contribution in [0.2, 0.25) is 5.02 Å². The van der Waals surface area contributed by atoms with Crippen molar-refractivity contribution in [1.82, 2.24) is 0 Å². The Morgan fingerprint density at radius 2 is 1.46 bits per heavy atom. The molecule has 2 heterocycles. The molecule has 3 aliphatic rings. The molecule has 1 aliphatic carbocycles. The van der Waals surface area contributed by atoms with Crippen LogP contribution < -0.4 is 4.90 Å². The number of Topliss-reactive ketones (excluding diaryl/α,β-unsaturated/α-hetero) is 3. The van der Waals surface area contributed by atoms with Crippen molar-refractivity contribution >= 4 is 40.7 Å². The van der Waals surface area contributed by atoms with Gasteiger partial charge in [-0.25, -0.2) is 0 Å². The van der Waals surface area contributed by atoms with Crippen LogP contribution in [0.3, 0.4) is 0 Å². The fraction of sp³-hybridized carbons (Fsp3) is 0.147. The number of carbonyl (C=O) groups is 3. The van der Waals surface area contributed by atoms with Gasteiger partial charge in [-0.15, -0.1) is 0 Å². The predicted octanol–water partition coefficient (Wildman–Crippen LogP) is 6.96. The zero-order valence-electron chi connectivity index (χ0n) is 21.2. The van der Waals surface area contributed by atoms with Crippen LogP contribution in [-0.4, -0.2) is 29.4 Å². The van der Waals surface area contributed by atoms with Crippen LogP contribution in [0.25, 0.3) is 6.08 Å². The first-order valence-electron chi connectivity index (χ1n) is 13.0. The van der Waals surface area contributed by atoms with E-state index in [0.717, 1.165) is 22.4 Å². The molecule has 190 valence electrons. The van der Waals surface area contributed by atoms with E-state index in [9.17, 15) is 14.4 Å². The van der Waals surface area contributed by atoms with Crippen molar-refractivity contribution in [1.29, 1.82) is 0 Å². The fourth-order valence-corrected chi connectivity index (χ4v) is 7.04. The molecule has 39 heavy (non-hydrogen) atoms. The molecule has 7 rings (SSSR count). The average molecular weight is 530 g/mol. The van der Waals surface area contributed by atoms with Crippen molar-refractivity contribution in [3.05, 3.63) is 142 Å². The van der Waals surface area contributed by atoms with Crippen LogP contribution in [0.4, 0.5) is 5.69 Å². The van der Waals surface area contributed by atoms with E-state index in [0.29, 0.717) is 21.7 Å². The lowest BCUT2D eigenvalue weighted by Crippen LogP contribution is -2.48. The molecule has 4 aromatic carbocycles. The molecule has 4 aromatic rings. The van der Waals surface area contributed by atoms with Gasteiger partial charge in [-0.2, -0.15) is 0 Å². The fourth-order valence-electron chi connectivity index (χ4n) is 6.91. The van der Waals surface area contributed by atoms with Crippen molar-refractivity contribution in [3.8, 4) is 0 Å². The first kappa shape index (κ1) is 23.8. The summed E-state index contributed by atoms with van der Waals surface area (Å²) in [5, 5.41) is 0.533. The van der Waals surface area contributed by atoms with Gasteiger partial charge in [0.1, 0.15) is 11.5 Å². The van der Waals surface area contributed by atoms with E-state index < -0.39 is 23.4 Å². The zero-order chi connectivity index (χ0) is 26.9. The summed E-state index contributed by atoms with van der Waals surface area (Å²) in [4.78, 5) is 45.8. The second-order valence-electron chi connectivity index (χ2n) is 10.6. The molecular formula is C34H24ClNO3. The third kappa shape index (κ3) is 3.22. The predicted molar refractivity (Wildman–Crippen MR) is 153 cm³/mol. The second kappa shape index (κ2) is 8.62. The van der Waals surface area contributed by atoms with Crippen LogP contribution in [0.5, 0.6) is 0 Å². The van der Waals surface area contributed by atoms with Gasteiger partial charge in [0, 0.05) is 33.3 Å². The Balaban J connectivity index is 1.54. The number of benzene rings is 4. The molecule has 1 spiro atoms. The number of carbonyl (C=O) groups excluding carboxylic acids is 3.